The average Bonchev–Trinajstić information content (AvgIpc) is 2.32. The molecule has 1 aromatic carbocycles. The smallest absolute Gasteiger partial charge is 0.150 e. The van der Waals surface area contributed by atoms with Crippen LogP contribution in [-0.2, 0) is 9.84 Å². The normalized spacial score (nSPS) is 13.6. The van der Waals surface area contributed by atoms with Crippen LogP contribution in [0.25, 0.3) is 0 Å². The summed E-state index contributed by atoms with van der Waals surface area (Å²) in [5.41, 5.74) is 6.08. The largest absolute Gasteiger partial charge is 0.330 e. The molecule has 0 aliphatic heterocycles. The van der Waals surface area contributed by atoms with Crippen molar-refractivity contribution in [3.05, 3.63) is 35.6 Å². The maximum absolute atomic E-state index is 13.5. The van der Waals surface area contributed by atoms with E-state index in [9.17, 15) is 12.8 Å². The second kappa shape index (κ2) is 6.12. The highest BCUT2D eigenvalue weighted by Crippen LogP contribution is 2.22. The first-order valence-electron chi connectivity index (χ1n) is 5.65. The van der Waals surface area contributed by atoms with E-state index < -0.39 is 9.84 Å². The monoisotopic (exact) mass is 259 g/mol. The van der Waals surface area contributed by atoms with Crippen LogP contribution in [-0.4, -0.2) is 26.5 Å². The number of rotatable bonds is 6. The first kappa shape index (κ1) is 14.1. The molecule has 0 aliphatic carbocycles. The summed E-state index contributed by atoms with van der Waals surface area (Å²) in [7, 11) is -3.02. The lowest BCUT2D eigenvalue weighted by molar-refractivity contribution is 0.560. The third-order valence-electron chi connectivity index (χ3n) is 2.85. The maximum Gasteiger partial charge on any atom is 0.150 e. The molecule has 5 heteroatoms. The van der Waals surface area contributed by atoms with Crippen LogP contribution in [0.2, 0.25) is 0 Å². The molecule has 0 spiro atoms. The van der Waals surface area contributed by atoms with Gasteiger partial charge in [-0.2, -0.15) is 0 Å². The SMILES string of the molecule is CCS(=O)(=O)CCC(CN)c1ccccc1F. The summed E-state index contributed by atoms with van der Waals surface area (Å²) in [6.45, 7) is 1.86. The van der Waals surface area contributed by atoms with Crippen molar-refractivity contribution in [3.63, 3.8) is 0 Å². The van der Waals surface area contributed by atoms with Gasteiger partial charge in [0.1, 0.15) is 15.7 Å². The van der Waals surface area contributed by atoms with Crippen LogP contribution >= 0.6 is 0 Å². The molecule has 17 heavy (non-hydrogen) atoms. The van der Waals surface area contributed by atoms with Crippen LogP contribution in [0, 0.1) is 5.82 Å². The fraction of sp³-hybridized carbons (Fsp3) is 0.500. The molecule has 1 rings (SSSR count). The lowest BCUT2D eigenvalue weighted by Gasteiger charge is -2.15. The van der Waals surface area contributed by atoms with Gasteiger partial charge in [-0.05, 0) is 30.5 Å². The van der Waals surface area contributed by atoms with Gasteiger partial charge in [0.2, 0.25) is 0 Å². The van der Waals surface area contributed by atoms with Gasteiger partial charge in [-0.25, -0.2) is 12.8 Å². The number of benzene rings is 1. The van der Waals surface area contributed by atoms with Gasteiger partial charge in [0.25, 0.3) is 0 Å². The Labute approximate surface area is 102 Å². The van der Waals surface area contributed by atoms with Crippen LogP contribution in [0.3, 0.4) is 0 Å². The van der Waals surface area contributed by atoms with Crippen LogP contribution in [0.1, 0.15) is 24.8 Å². The van der Waals surface area contributed by atoms with Gasteiger partial charge in [0.15, 0.2) is 0 Å². The molecule has 0 aliphatic rings. The molecule has 0 amide bonds. The number of sulfone groups is 1. The topological polar surface area (TPSA) is 60.2 Å². The van der Waals surface area contributed by atoms with Crippen molar-refractivity contribution >= 4 is 9.84 Å². The molecule has 3 nitrogen and oxygen atoms in total. The van der Waals surface area contributed by atoms with Crippen LogP contribution in [0.15, 0.2) is 24.3 Å². The minimum Gasteiger partial charge on any atom is -0.330 e. The van der Waals surface area contributed by atoms with E-state index >= 15 is 0 Å². The molecule has 0 radical (unpaired) electrons. The zero-order valence-corrected chi connectivity index (χ0v) is 10.7. The number of hydrogen-bond acceptors (Lipinski definition) is 3. The standard InChI is InChI=1S/C12H18FNO2S/c1-2-17(15,16)8-7-10(9-14)11-5-3-4-6-12(11)13/h3-6,10H,2,7-9,14H2,1H3. The molecule has 0 aromatic heterocycles. The third kappa shape index (κ3) is 4.09. The molecule has 0 heterocycles. The van der Waals surface area contributed by atoms with Gasteiger partial charge in [-0.1, -0.05) is 25.1 Å². The summed E-state index contributed by atoms with van der Waals surface area (Å²) in [4.78, 5) is 0. The van der Waals surface area contributed by atoms with Crippen molar-refractivity contribution in [2.24, 2.45) is 5.73 Å². The summed E-state index contributed by atoms with van der Waals surface area (Å²) >= 11 is 0. The van der Waals surface area contributed by atoms with Crippen molar-refractivity contribution < 1.29 is 12.8 Å². The molecule has 0 bridgehead atoms. The Kier molecular flexibility index (Phi) is 5.08. The molecule has 96 valence electrons. The first-order chi connectivity index (χ1) is 8.00. The highest BCUT2D eigenvalue weighted by molar-refractivity contribution is 7.91. The molecule has 0 fully saturated rings. The summed E-state index contributed by atoms with van der Waals surface area (Å²) < 4.78 is 36.3. The average molecular weight is 259 g/mol. The summed E-state index contributed by atoms with van der Waals surface area (Å²) in [5.74, 6) is -0.393. The lowest BCUT2D eigenvalue weighted by atomic mass is 9.96. The van der Waals surface area contributed by atoms with E-state index in [0.717, 1.165) is 0 Å². The Balaban J connectivity index is 2.77. The Hall–Kier alpha value is -0.940. The van der Waals surface area contributed by atoms with E-state index in [-0.39, 0.29) is 29.8 Å². The minimum atomic E-state index is -3.02. The molecular weight excluding hydrogens is 241 g/mol. The molecule has 2 N–H and O–H groups in total. The van der Waals surface area contributed by atoms with Crippen LogP contribution in [0.4, 0.5) is 4.39 Å². The second-order valence-corrected chi connectivity index (χ2v) is 6.45. The van der Waals surface area contributed by atoms with E-state index in [0.29, 0.717) is 12.0 Å². The molecule has 1 unspecified atom stereocenters. The Morgan fingerprint density at radius 3 is 2.53 bits per heavy atom. The lowest BCUT2D eigenvalue weighted by Crippen LogP contribution is -2.19. The van der Waals surface area contributed by atoms with E-state index in [4.69, 9.17) is 5.73 Å². The van der Waals surface area contributed by atoms with E-state index in [1.807, 2.05) is 0 Å². The highest BCUT2D eigenvalue weighted by Gasteiger charge is 2.17. The van der Waals surface area contributed by atoms with Crippen molar-refractivity contribution in [3.8, 4) is 0 Å². The van der Waals surface area contributed by atoms with Crippen molar-refractivity contribution in [2.75, 3.05) is 18.1 Å². The summed E-state index contributed by atoms with van der Waals surface area (Å²) in [6, 6.07) is 6.36. The third-order valence-corrected chi connectivity index (χ3v) is 4.58. The predicted molar refractivity (Wildman–Crippen MR) is 67.1 cm³/mol. The van der Waals surface area contributed by atoms with Crippen molar-refractivity contribution in [2.45, 2.75) is 19.3 Å². The Bertz CT molecular complexity index is 459. The van der Waals surface area contributed by atoms with Crippen molar-refractivity contribution in [1.82, 2.24) is 0 Å². The summed E-state index contributed by atoms with van der Waals surface area (Å²) in [5, 5.41) is 0. The fourth-order valence-electron chi connectivity index (χ4n) is 1.67. The van der Waals surface area contributed by atoms with E-state index in [2.05, 4.69) is 0 Å². The summed E-state index contributed by atoms with van der Waals surface area (Å²) in [6.07, 6.45) is 0.369. The van der Waals surface area contributed by atoms with Crippen molar-refractivity contribution in [1.29, 1.82) is 0 Å². The molecular formula is C12H18FNO2S. The van der Waals surface area contributed by atoms with Gasteiger partial charge in [0, 0.05) is 5.75 Å². The maximum atomic E-state index is 13.5. The van der Waals surface area contributed by atoms with E-state index in [1.54, 1.807) is 25.1 Å². The molecule has 0 saturated carbocycles. The predicted octanol–water partition coefficient (Wildman–Crippen LogP) is 1.69. The van der Waals surface area contributed by atoms with E-state index in [1.165, 1.54) is 6.07 Å². The molecule has 0 saturated heterocycles. The Morgan fingerprint density at radius 2 is 2.00 bits per heavy atom. The fourth-order valence-corrected chi connectivity index (χ4v) is 2.60. The quantitative estimate of drug-likeness (QED) is 0.845. The number of nitrogens with two attached hydrogens (primary N) is 1. The van der Waals surface area contributed by atoms with Gasteiger partial charge in [-0.3, -0.25) is 0 Å². The zero-order valence-electron chi connectivity index (χ0n) is 9.90. The minimum absolute atomic E-state index is 0.0553. The van der Waals surface area contributed by atoms with Crippen LogP contribution in [0.5, 0.6) is 0 Å². The second-order valence-electron chi connectivity index (χ2n) is 3.98. The van der Waals surface area contributed by atoms with Crippen LogP contribution < -0.4 is 5.73 Å². The molecule has 1 atom stereocenters. The Morgan fingerprint density at radius 1 is 1.35 bits per heavy atom. The van der Waals surface area contributed by atoms with Gasteiger partial charge in [0.05, 0.1) is 5.75 Å². The number of halogens is 1. The molecule has 1 aromatic rings. The first-order valence-corrected chi connectivity index (χ1v) is 7.47. The van der Waals surface area contributed by atoms with Gasteiger partial charge in [-0.15, -0.1) is 0 Å². The zero-order chi connectivity index (χ0) is 12.9. The number of hydrogen-bond donors (Lipinski definition) is 1. The van der Waals surface area contributed by atoms with Gasteiger partial charge < -0.3 is 5.73 Å². The highest BCUT2D eigenvalue weighted by atomic mass is 32.2. The van der Waals surface area contributed by atoms with Gasteiger partial charge >= 0.3 is 0 Å².